The molecule has 0 aromatic heterocycles. The Morgan fingerprint density at radius 3 is 2.48 bits per heavy atom. The van der Waals surface area contributed by atoms with Gasteiger partial charge in [0, 0.05) is 39.3 Å². The molecule has 0 aliphatic carbocycles. The largest absolute Gasteiger partial charge is 0.484 e. The summed E-state index contributed by atoms with van der Waals surface area (Å²) in [6, 6.07) is 13.7. The van der Waals surface area contributed by atoms with Gasteiger partial charge in [-0.3, -0.25) is 9.69 Å². The molecule has 1 aliphatic rings. The third-order valence-electron chi connectivity index (χ3n) is 4.64. The van der Waals surface area contributed by atoms with Crippen LogP contribution in [0.15, 0.2) is 42.5 Å². The van der Waals surface area contributed by atoms with Gasteiger partial charge in [0.1, 0.15) is 5.75 Å². The Kier molecular flexibility index (Phi) is 6.30. The number of piperazine rings is 1. The van der Waals surface area contributed by atoms with Gasteiger partial charge in [0.25, 0.3) is 5.91 Å². The molecular formula is C19H25N3O4S. The lowest BCUT2D eigenvalue weighted by Crippen LogP contribution is -2.50. The van der Waals surface area contributed by atoms with E-state index in [4.69, 9.17) is 4.74 Å². The van der Waals surface area contributed by atoms with E-state index in [9.17, 15) is 13.2 Å². The second-order valence-electron chi connectivity index (χ2n) is 6.65. The smallest absolute Gasteiger partial charge is 0.257 e. The van der Waals surface area contributed by atoms with E-state index in [2.05, 4.69) is 10.2 Å². The van der Waals surface area contributed by atoms with Gasteiger partial charge in [-0.1, -0.05) is 30.3 Å². The van der Waals surface area contributed by atoms with E-state index in [1.54, 1.807) is 0 Å². The molecule has 146 valence electrons. The third-order valence-corrected chi connectivity index (χ3v) is 5.94. The monoisotopic (exact) mass is 391 g/mol. The van der Waals surface area contributed by atoms with E-state index in [1.807, 2.05) is 42.5 Å². The highest BCUT2D eigenvalue weighted by atomic mass is 32.2. The molecule has 1 heterocycles. The average molecular weight is 391 g/mol. The first-order valence-corrected chi connectivity index (χ1v) is 10.8. The highest BCUT2D eigenvalue weighted by molar-refractivity contribution is 7.88. The first-order chi connectivity index (χ1) is 12.9. The Labute approximate surface area is 159 Å². The summed E-state index contributed by atoms with van der Waals surface area (Å²) in [6.07, 6.45) is 1.23. The molecule has 1 fully saturated rings. The second-order valence-corrected chi connectivity index (χ2v) is 8.63. The van der Waals surface area contributed by atoms with E-state index in [0.29, 0.717) is 45.0 Å². The lowest BCUT2D eigenvalue weighted by molar-refractivity contribution is -0.123. The van der Waals surface area contributed by atoms with Crippen molar-refractivity contribution in [1.29, 1.82) is 0 Å². The van der Waals surface area contributed by atoms with Crippen molar-refractivity contribution in [2.75, 3.05) is 52.1 Å². The molecule has 1 aliphatic heterocycles. The molecule has 7 nitrogen and oxygen atoms in total. The summed E-state index contributed by atoms with van der Waals surface area (Å²) >= 11 is 0. The zero-order chi connectivity index (χ0) is 19.3. The molecule has 2 aromatic carbocycles. The topological polar surface area (TPSA) is 79.0 Å². The van der Waals surface area contributed by atoms with E-state index < -0.39 is 10.0 Å². The number of rotatable bonds is 7. The van der Waals surface area contributed by atoms with E-state index in [-0.39, 0.29) is 12.5 Å². The SMILES string of the molecule is CS(=O)(=O)N1CCN(CCNC(=O)COc2ccc3ccccc3c2)CC1. The number of amides is 1. The molecule has 0 unspecified atom stereocenters. The van der Waals surface area contributed by atoms with Gasteiger partial charge in [-0.2, -0.15) is 4.31 Å². The zero-order valence-corrected chi connectivity index (χ0v) is 16.2. The summed E-state index contributed by atoms with van der Waals surface area (Å²) in [5, 5.41) is 5.04. The fourth-order valence-electron chi connectivity index (χ4n) is 3.10. The number of nitrogens with zero attached hydrogens (tertiary/aromatic N) is 2. The molecule has 3 rings (SSSR count). The lowest BCUT2D eigenvalue weighted by Gasteiger charge is -2.33. The molecule has 0 spiro atoms. The van der Waals surface area contributed by atoms with Crippen LogP contribution in [0, 0.1) is 0 Å². The molecule has 2 aromatic rings. The molecule has 0 radical (unpaired) electrons. The van der Waals surface area contributed by atoms with Gasteiger partial charge in [0.15, 0.2) is 6.61 Å². The molecule has 27 heavy (non-hydrogen) atoms. The Balaban J connectivity index is 1.36. The Morgan fingerprint density at radius 2 is 1.78 bits per heavy atom. The minimum Gasteiger partial charge on any atom is -0.484 e. The van der Waals surface area contributed by atoms with Crippen molar-refractivity contribution in [3.8, 4) is 5.75 Å². The number of benzene rings is 2. The summed E-state index contributed by atoms with van der Waals surface area (Å²) in [6.45, 7) is 3.53. The number of fused-ring (bicyclic) bond motifs is 1. The minimum atomic E-state index is -3.11. The second kappa shape index (κ2) is 8.69. The predicted molar refractivity (Wildman–Crippen MR) is 105 cm³/mol. The quantitative estimate of drug-likeness (QED) is 0.759. The van der Waals surface area contributed by atoms with Crippen LogP contribution in [0.3, 0.4) is 0 Å². The van der Waals surface area contributed by atoms with Gasteiger partial charge >= 0.3 is 0 Å². The van der Waals surface area contributed by atoms with Crippen LogP contribution in [0.5, 0.6) is 5.75 Å². The van der Waals surface area contributed by atoms with Crippen LogP contribution in [0.25, 0.3) is 10.8 Å². The lowest BCUT2D eigenvalue weighted by atomic mass is 10.1. The highest BCUT2D eigenvalue weighted by Gasteiger charge is 2.22. The van der Waals surface area contributed by atoms with Gasteiger partial charge in [0.05, 0.1) is 6.26 Å². The van der Waals surface area contributed by atoms with Crippen molar-refractivity contribution in [2.24, 2.45) is 0 Å². The summed E-state index contributed by atoms with van der Waals surface area (Å²) in [4.78, 5) is 14.1. The summed E-state index contributed by atoms with van der Waals surface area (Å²) in [5.41, 5.74) is 0. The van der Waals surface area contributed by atoms with Crippen LogP contribution in [-0.4, -0.2) is 75.7 Å². The van der Waals surface area contributed by atoms with Crippen molar-refractivity contribution in [3.05, 3.63) is 42.5 Å². The Hall–Kier alpha value is -2.16. The molecule has 0 saturated carbocycles. The maximum absolute atomic E-state index is 12.0. The Bertz CT molecular complexity index is 893. The van der Waals surface area contributed by atoms with Crippen LogP contribution in [0.2, 0.25) is 0 Å². The van der Waals surface area contributed by atoms with Crippen molar-refractivity contribution < 1.29 is 17.9 Å². The molecular weight excluding hydrogens is 366 g/mol. The van der Waals surface area contributed by atoms with Gasteiger partial charge in [-0.15, -0.1) is 0 Å². The van der Waals surface area contributed by atoms with E-state index in [0.717, 1.165) is 10.8 Å². The summed E-state index contributed by atoms with van der Waals surface area (Å²) in [5.74, 6) is 0.499. The van der Waals surface area contributed by atoms with Crippen molar-refractivity contribution in [3.63, 3.8) is 0 Å². The summed E-state index contributed by atoms with van der Waals surface area (Å²) in [7, 11) is -3.11. The Morgan fingerprint density at radius 1 is 1.07 bits per heavy atom. The molecule has 0 bridgehead atoms. The van der Waals surface area contributed by atoms with Crippen LogP contribution in [-0.2, 0) is 14.8 Å². The first kappa shape index (κ1) is 19.6. The van der Waals surface area contributed by atoms with E-state index >= 15 is 0 Å². The number of hydrogen-bond donors (Lipinski definition) is 1. The first-order valence-electron chi connectivity index (χ1n) is 8.97. The van der Waals surface area contributed by atoms with Crippen molar-refractivity contribution in [2.45, 2.75) is 0 Å². The standard InChI is InChI=1S/C19H25N3O4S/c1-27(24,25)22-12-10-21(11-13-22)9-8-20-19(23)15-26-18-7-6-16-4-2-3-5-17(16)14-18/h2-7,14H,8-13,15H2,1H3,(H,20,23). The van der Waals surface area contributed by atoms with Crippen LogP contribution in [0.4, 0.5) is 0 Å². The van der Waals surface area contributed by atoms with E-state index in [1.165, 1.54) is 10.6 Å². The highest BCUT2D eigenvalue weighted by Crippen LogP contribution is 2.20. The number of hydrogen-bond acceptors (Lipinski definition) is 5. The predicted octanol–water partition coefficient (Wildman–Crippen LogP) is 0.912. The third kappa shape index (κ3) is 5.66. The number of carbonyl (C=O) groups excluding carboxylic acids is 1. The average Bonchev–Trinajstić information content (AvgIpc) is 2.66. The summed E-state index contributed by atoms with van der Waals surface area (Å²) < 4.78 is 30.0. The molecule has 8 heteroatoms. The number of carbonyl (C=O) groups is 1. The molecule has 0 atom stereocenters. The molecule has 1 N–H and O–H groups in total. The molecule has 1 amide bonds. The molecule has 1 saturated heterocycles. The maximum atomic E-state index is 12.0. The van der Waals surface area contributed by atoms with Gasteiger partial charge in [0.2, 0.25) is 10.0 Å². The fraction of sp³-hybridized carbons (Fsp3) is 0.421. The zero-order valence-electron chi connectivity index (χ0n) is 15.4. The van der Waals surface area contributed by atoms with Crippen molar-refractivity contribution >= 4 is 26.7 Å². The van der Waals surface area contributed by atoms with Crippen LogP contribution >= 0.6 is 0 Å². The fourth-order valence-corrected chi connectivity index (χ4v) is 3.92. The number of sulfonamides is 1. The minimum absolute atomic E-state index is 0.0276. The maximum Gasteiger partial charge on any atom is 0.257 e. The van der Waals surface area contributed by atoms with Crippen LogP contribution in [0.1, 0.15) is 0 Å². The normalized spacial score (nSPS) is 16.3. The number of nitrogens with one attached hydrogen (secondary N) is 1. The van der Waals surface area contributed by atoms with Crippen LogP contribution < -0.4 is 10.1 Å². The van der Waals surface area contributed by atoms with Gasteiger partial charge in [-0.25, -0.2) is 8.42 Å². The van der Waals surface area contributed by atoms with Crippen molar-refractivity contribution in [1.82, 2.24) is 14.5 Å². The number of ether oxygens (including phenoxy) is 1. The van der Waals surface area contributed by atoms with Gasteiger partial charge < -0.3 is 10.1 Å². The van der Waals surface area contributed by atoms with Gasteiger partial charge in [-0.05, 0) is 22.9 Å².